The molecule has 1 saturated carbocycles. The van der Waals surface area contributed by atoms with Crippen molar-refractivity contribution < 1.29 is 0 Å². The van der Waals surface area contributed by atoms with E-state index in [1.165, 1.54) is 30.5 Å². The van der Waals surface area contributed by atoms with Gasteiger partial charge in [0.15, 0.2) is 0 Å². The molecule has 1 aliphatic carbocycles. The van der Waals surface area contributed by atoms with Crippen LogP contribution in [0.2, 0.25) is 0 Å². The first-order valence-electron chi connectivity index (χ1n) is 6.82. The van der Waals surface area contributed by atoms with E-state index in [1.807, 2.05) is 11.7 Å². The molecule has 0 saturated heterocycles. The van der Waals surface area contributed by atoms with Crippen molar-refractivity contribution in [2.45, 2.75) is 58.5 Å². The summed E-state index contributed by atoms with van der Waals surface area (Å²) in [6.07, 6.45) is 6.36. The molecular formula is C14H25N3. The van der Waals surface area contributed by atoms with E-state index in [1.54, 1.807) is 0 Å². The Morgan fingerprint density at radius 2 is 2.12 bits per heavy atom. The minimum atomic E-state index is 0.506. The molecule has 0 aliphatic heterocycles. The van der Waals surface area contributed by atoms with Gasteiger partial charge < -0.3 is 5.32 Å². The lowest BCUT2D eigenvalue weighted by Gasteiger charge is -2.13. The number of rotatable bonds is 6. The molecule has 0 amide bonds. The predicted octanol–water partition coefficient (Wildman–Crippen LogP) is 2.82. The zero-order valence-corrected chi connectivity index (χ0v) is 11.5. The van der Waals surface area contributed by atoms with E-state index in [-0.39, 0.29) is 0 Å². The second-order valence-electron chi connectivity index (χ2n) is 5.83. The number of hydrogen-bond donors (Lipinski definition) is 1. The fourth-order valence-corrected chi connectivity index (χ4v) is 2.40. The van der Waals surface area contributed by atoms with Gasteiger partial charge in [0.2, 0.25) is 0 Å². The quantitative estimate of drug-likeness (QED) is 0.821. The van der Waals surface area contributed by atoms with Gasteiger partial charge >= 0.3 is 0 Å². The molecule has 0 aromatic carbocycles. The van der Waals surface area contributed by atoms with Gasteiger partial charge in [-0.2, -0.15) is 5.10 Å². The average molecular weight is 235 g/mol. The highest BCUT2D eigenvalue weighted by molar-refractivity contribution is 5.20. The summed E-state index contributed by atoms with van der Waals surface area (Å²) in [7, 11) is 2.00. The third kappa shape index (κ3) is 3.56. The maximum absolute atomic E-state index is 4.54. The molecule has 1 aliphatic rings. The Morgan fingerprint density at radius 3 is 2.71 bits per heavy atom. The Balaban J connectivity index is 1.88. The Morgan fingerprint density at radius 1 is 1.41 bits per heavy atom. The van der Waals surface area contributed by atoms with Crippen molar-refractivity contribution in [3.63, 3.8) is 0 Å². The van der Waals surface area contributed by atoms with Crippen molar-refractivity contribution in [3.05, 3.63) is 17.5 Å². The number of hydrogen-bond acceptors (Lipinski definition) is 2. The summed E-state index contributed by atoms with van der Waals surface area (Å²) in [5.74, 6) is 1.50. The zero-order chi connectivity index (χ0) is 12.4. The Kier molecular flexibility index (Phi) is 3.87. The molecule has 1 aromatic rings. The summed E-state index contributed by atoms with van der Waals surface area (Å²) in [5.41, 5.74) is 2.59. The molecule has 2 rings (SSSR count). The summed E-state index contributed by atoms with van der Waals surface area (Å²) in [6.45, 7) is 7.66. The molecule has 0 spiro atoms. The van der Waals surface area contributed by atoms with Crippen LogP contribution < -0.4 is 5.32 Å². The Labute approximate surface area is 105 Å². The van der Waals surface area contributed by atoms with Gasteiger partial charge in [-0.15, -0.1) is 0 Å². The minimum Gasteiger partial charge on any atom is -0.310 e. The third-order valence-corrected chi connectivity index (χ3v) is 3.51. The Bertz CT molecular complexity index is 364. The van der Waals surface area contributed by atoms with Crippen LogP contribution in [0.3, 0.4) is 0 Å². The monoisotopic (exact) mass is 235 g/mol. The zero-order valence-electron chi connectivity index (χ0n) is 11.5. The molecule has 96 valence electrons. The summed E-state index contributed by atoms with van der Waals surface area (Å²) in [4.78, 5) is 0. The minimum absolute atomic E-state index is 0.506. The normalized spacial score (nSPS) is 17.7. The second kappa shape index (κ2) is 5.21. The van der Waals surface area contributed by atoms with Crippen molar-refractivity contribution in [3.8, 4) is 0 Å². The van der Waals surface area contributed by atoms with Gasteiger partial charge in [-0.25, -0.2) is 0 Å². The van der Waals surface area contributed by atoms with Gasteiger partial charge in [0.25, 0.3) is 0 Å². The molecule has 3 nitrogen and oxygen atoms in total. The molecule has 3 heteroatoms. The fourth-order valence-electron chi connectivity index (χ4n) is 2.40. The SMILES string of the molecule is CC(CC1CC1)NCc1cn(C)nc1C(C)C. The molecule has 17 heavy (non-hydrogen) atoms. The molecule has 1 unspecified atom stereocenters. The van der Waals surface area contributed by atoms with Crippen LogP contribution in [-0.2, 0) is 13.6 Å². The number of aryl methyl sites for hydroxylation is 1. The number of nitrogens with zero attached hydrogens (tertiary/aromatic N) is 2. The molecule has 1 heterocycles. The van der Waals surface area contributed by atoms with E-state index in [0.717, 1.165) is 12.5 Å². The Hall–Kier alpha value is -0.830. The molecule has 0 bridgehead atoms. The van der Waals surface area contributed by atoms with Crippen molar-refractivity contribution in [1.82, 2.24) is 15.1 Å². The van der Waals surface area contributed by atoms with Crippen molar-refractivity contribution in [2.75, 3.05) is 0 Å². The van der Waals surface area contributed by atoms with Crippen LogP contribution in [0, 0.1) is 5.92 Å². The van der Waals surface area contributed by atoms with E-state index in [2.05, 4.69) is 37.4 Å². The van der Waals surface area contributed by atoms with Gasteiger partial charge in [-0.1, -0.05) is 26.7 Å². The lowest BCUT2D eigenvalue weighted by molar-refractivity contribution is 0.486. The maximum Gasteiger partial charge on any atom is 0.0694 e. The highest BCUT2D eigenvalue weighted by Gasteiger charge is 2.23. The van der Waals surface area contributed by atoms with E-state index in [4.69, 9.17) is 0 Å². The summed E-state index contributed by atoms with van der Waals surface area (Å²) in [6, 6.07) is 0.628. The topological polar surface area (TPSA) is 29.9 Å². The van der Waals surface area contributed by atoms with Gasteiger partial charge in [0.05, 0.1) is 5.69 Å². The lowest BCUT2D eigenvalue weighted by atomic mass is 10.1. The highest BCUT2D eigenvalue weighted by Crippen LogP contribution is 2.33. The van der Waals surface area contributed by atoms with Crippen molar-refractivity contribution in [1.29, 1.82) is 0 Å². The first kappa shape index (κ1) is 12.6. The average Bonchev–Trinajstić information content (AvgIpc) is 2.97. The molecule has 1 N–H and O–H groups in total. The van der Waals surface area contributed by atoms with Gasteiger partial charge in [0.1, 0.15) is 0 Å². The number of nitrogens with one attached hydrogen (secondary N) is 1. The van der Waals surface area contributed by atoms with Gasteiger partial charge in [0, 0.05) is 31.4 Å². The first-order chi connectivity index (χ1) is 8.06. The van der Waals surface area contributed by atoms with Crippen LogP contribution in [0.15, 0.2) is 6.20 Å². The van der Waals surface area contributed by atoms with Gasteiger partial charge in [-0.3, -0.25) is 4.68 Å². The van der Waals surface area contributed by atoms with E-state index in [0.29, 0.717) is 12.0 Å². The maximum atomic E-state index is 4.54. The molecule has 1 fully saturated rings. The third-order valence-electron chi connectivity index (χ3n) is 3.51. The van der Waals surface area contributed by atoms with Crippen LogP contribution >= 0.6 is 0 Å². The molecular weight excluding hydrogens is 210 g/mol. The largest absolute Gasteiger partial charge is 0.310 e. The van der Waals surface area contributed by atoms with Crippen LogP contribution in [-0.4, -0.2) is 15.8 Å². The summed E-state index contributed by atoms with van der Waals surface area (Å²) < 4.78 is 1.93. The van der Waals surface area contributed by atoms with E-state index < -0.39 is 0 Å². The molecule has 1 atom stereocenters. The highest BCUT2D eigenvalue weighted by atomic mass is 15.3. The molecule has 0 radical (unpaired) electrons. The van der Waals surface area contributed by atoms with E-state index in [9.17, 15) is 0 Å². The standard InChI is InChI=1S/C14H25N3/c1-10(2)14-13(9-17(4)16-14)8-15-11(3)7-12-5-6-12/h9-12,15H,5-8H2,1-4H3. The van der Waals surface area contributed by atoms with Crippen LogP contribution in [0.25, 0.3) is 0 Å². The summed E-state index contributed by atoms with van der Waals surface area (Å²) in [5, 5.41) is 8.16. The smallest absolute Gasteiger partial charge is 0.0694 e. The predicted molar refractivity (Wildman–Crippen MR) is 70.9 cm³/mol. The molecule has 1 aromatic heterocycles. The fraction of sp³-hybridized carbons (Fsp3) is 0.786. The summed E-state index contributed by atoms with van der Waals surface area (Å²) >= 11 is 0. The van der Waals surface area contributed by atoms with Crippen molar-refractivity contribution in [2.24, 2.45) is 13.0 Å². The van der Waals surface area contributed by atoms with Crippen molar-refractivity contribution >= 4 is 0 Å². The lowest BCUT2D eigenvalue weighted by Crippen LogP contribution is -2.26. The van der Waals surface area contributed by atoms with Crippen LogP contribution in [0.4, 0.5) is 0 Å². The van der Waals surface area contributed by atoms with Crippen LogP contribution in [0.1, 0.15) is 57.2 Å². The van der Waals surface area contributed by atoms with Gasteiger partial charge in [-0.05, 0) is 25.2 Å². The van der Waals surface area contributed by atoms with E-state index >= 15 is 0 Å². The second-order valence-corrected chi connectivity index (χ2v) is 5.83. The number of aromatic nitrogens is 2. The first-order valence-corrected chi connectivity index (χ1v) is 6.82. The van der Waals surface area contributed by atoms with Crippen LogP contribution in [0.5, 0.6) is 0 Å².